The van der Waals surface area contributed by atoms with E-state index in [2.05, 4.69) is 10.3 Å². The van der Waals surface area contributed by atoms with Gasteiger partial charge < -0.3 is 19.1 Å². The number of nitrogens with one attached hydrogen (secondary N) is 2. The molecule has 1 amide bonds. The van der Waals surface area contributed by atoms with Crippen LogP contribution in [0.1, 0.15) is 5.76 Å². The number of anilines is 1. The zero-order valence-electron chi connectivity index (χ0n) is 11.1. The van der Waals surface area contributed by atoms with Gasteiger partial charge in [0.05, 0.1) is 11.8 Å². The smallest absolute Gasteiger partial charge is 0.266 e. The maximum absolute atomic E-state index is 12.1. The molecule has 0 spiro atoms. The number of oxazole rings is 1. The van der Waals surface area contributed by atoms with Crippen LogP contribution in [0.25, 0.3) is 17.2 Å². The standard InChI is InChI=1S/C15H9N3O3S/c16-8-9(6-11-2-1-5-20-11)14(19)17-10-3-4-12-13(7-10)21-15(22)18-12/h1-7H,(H,17,19)(H,18,22). The molecule has 7 heteroatoms. The summed E-state index contributed by atoms with van der Waals surface area (Å²) in [4.78, 5) is 15.2. The number of H-pyrrole nitrogens is 1. The van der Waals surface area contributed by atoms with Gasteiger partial charge in [-0.05, 0) is 36.5 Å². The lowest BCUT2D eigenvalue weighted by Crippen LogP contribution is -2.13. The van der Waals surface area contributed by atoms with E-state index in [-0.39, 0.29) is 10.4 Å². The van der Waals surface area contributed by atoms with Gasteiger partial charge in [-0.3, -0.25) is 4.79 Å². The van der Waals surface area contributed by atoms with Gasteiger partial charge in [0, 0.05) is 17.8 Å². The lowest BCUT2D eigenvalue weighted by atomic mass is 10.2. The zero-order chi connectivity index (χ0) is 15.5. The molecule has 2 aromatic heterocycles. The van der Waals surface area contributed by atoms with E-state index < -0.39 is 5.91 Å². The average Bonchev–Trinajstić information content (AvgIpc) is 3.12. The summed E-state index contributed by atoms with van der Waals surface area (Å²) in [6, 6.07) is 10.2. The molecule has 0 aliphatic rings. The summed E-state index contributed by atoms with van der Waals surface area (Å²) in [5.41, 5.74) is 1.69. The fraction of sp³-hybridized carbons (Fsp3) is 0. The van der Waals surface area contributed by atoms with Crippen LogP contribution < -0.4 is 5.32 Å². The van der Waals surface area contributed by atoms with Crippen molar-refractivity contribution < 1.29 is 13.6 Å². The average molecular weight is 311 g/mol. The van der Waals surface area contributed by atoms with Gasteiger partial charge in [0.1, 0.15) is 17.4 Å². The second kappa shape index (κ2) is 5.71. The Bertz CT molecular complexity index is 958. The van der Waals surface area contributed by atoms with Crippen LogP contribution in [0.15, 0.2) is 51.0 Å². The van der Waals surface area contributed by atoms with E-state index in [1.54, 1.807) is 30.3 Å². The quantitative estimate of drug-likeness (QED) is 0.437. The highest BCUT2D eigenvalue weighted by Crippen LogP contribution is 2.19. The number of aromatic nitrogens is 1. The summed E-state index contributed by atoms with van der Waals surface area (Å²) >= 11 is 4.90. The van der Waals surface area contributed by atoms with Gasteiger partial charge in [0.15, 0.2) is 5.58 Å². The van der Waals surface area contributed by atoms with E-state index in [1.807, 2.05) is 6.07 Å². The van der Waals surface area contributed by atoms with Gasteiger partial charge in [0.25, 0.3) is 10.7 Å². The number of furan rings is 1. The fourth-order valence-corrected chi connectivity index (χ4v) is 2.09. The van der Waals surface area contributed by atoms with Crippen LogP contribution in [-0.2, 0) is 4.79 Å². The Hall–Kier alpha value is -3.11. The van der Waals surface area contributed by atoms with Gasteiger partial charge in [-0.15, -0.1) is 0 Å². The first-order chi connectivity index (χ1) is 10.7. The minimum atomic E-state index is -0.535. The highest BCUT2D eigenvalue weighted by atomic mass is 32.1. The summed E-state index contributed by atoms with van der Waals surface area (Å²) in [6.45, 7) is 0. The summed E-state index contributed by atoms with van der Waals surface area (Å²) in [5.74, 6) is -0.106. The molecule has 0 radical (unpaired) electrons. The second-order valence-electron chi connectivity index (χ2n) is 4.36. The number of carbonyl (C=O) groups excluding carboxylic acids is 1. The molecule has 1 aromatic carbocycles. The molecule has 0 atom stereocenters. The largest absolute Gasteiger partial charge is 0.465 e. The van der Waals surface area contributed by atoms with Crippen molar-refractivity contribution in [3.63, 3.8) is 0 Å². The van der Waals surface area contributed by atoms with Gasteiger partial charge in [-0.1, -0.05) is 0 Å². The third kappa shape index (κ3) is 2.82. The van der Waals surface area contributed by atoms with Crippen LogP contribution in [0.4, 0.5) is 5.69 Å². The molecule has 2 N–H and O–H groups in total. The van der Waals surface area contributed by atoms with Gasteiger partial charge in [0.2, 0.25) is 0 Å². The number of hydrogen-bond donors (Lipinski definition) is 2. The molecule has 22 heavy (non-hydrogen) atoms. The van der Waals surface area contributed by atoms with Gasteiger partial charge >= 0.3 is 0 Å². The molecular formula is C15H9N3O3S. The number of nitriles is 1. The molecule has 0 unspecified atom stereocenters. The lowest BCUT2D eigenvalue weighted by molar-refractivity contribution is -0.112. The number of amides is 1. The molecule has 0 aliphatic heterocycles. The van der Waals surface area contributed by atoms with Crippen LogP contribution in [0.2, 0.25) is 0 Å². The Morgan fingerprint density at radius 2 is 2.27 bits per heavy atom. The molecular weight excluding hydrogens is 302 g/mol. The number of rotatable bonds is 3. The van der Waals surface area contributed by atoms with Crippen LogP contribution in [0.3, 0.4) is 0 Å². The number of fused-ring (bicyclic) bond motifs is 1. The molecule has 3 aromatic rings. The molecule has 3 rings (SSSR count). The highest BCUT2D eigenvalue weighted by molar-refractivity contribution is 7.71. The van der Waals surface area contributed by atoms with Crippen LogP contribution in [0, 0.1) is 16.2 Å². The first kappa shape index (κ1) is 13.9. The molecule has 0 aliphatic carbocycles. The Labute approximate surface area is 129 Å². The molecule has 108 valence electrons. The van der Waals surface area contributed by atoms with Crippen molar-refractivity contribution in [1.82, 2.24) is 4.98 Å². The van der Waals surface area contributed by atoms with Crippen molar-refractivity contribution >= 4 is 41.0 Å². The SMILES string of the molecule is N#CC(=Cc1ccco1)C(=O)Nc1ccc2[nH]c(=S)oc2c1. The summed E-state index contributed by atoms with van der Waals surface area (Å²) in [7, 11) is 0. The topological polar surface area (TPSA) is 95.0 Å². The maximum atomic E-state index is 12.1. The first-order valence-electron chi connectivity index (χ1n) is 6.25. The Kier molecular flexibility index (Phi) is 3.60. The predicted molar refractivity (Wildman–Crippen MR) is 82.3 cm³/mol. The molecule has 0 fully saturated rings. The Morgan fingerprint density at radius 1 is 1.41 bits per heavy atom. The molecule has 6 nitrogen and oxygen atoms in total. The summed E-state index contributed by atoms with van der Waals surface area (Å²) < 4.78 is 10.4. The lowest BCUT2D eigenvalue weighted by Gasteiger charge is -2.03. The van der Waals surface area contributed by atoms with Gasteiger partial charge in [-0.2, -0.15) is 5.26 Å². The number of benzene rings is 1. The number of nitrogens with zero attached hydrogens (tertiary/aromatic N) is 1. The maximum Gasteiger partial charge on any atom is 0.266 e. The Balaban J connectivity index is 1.85. The van der Waals surface area contributed by atoms with E-state index in [1.165, 1.54) is 12.3 Å². The van der Waals surface area contributed by atoms with Crippen molar-refractivity contribution in [2.24, 2.45) is 0 Å². The minimum absolute atomic E-state index is 0.0648. The summed E-state index contributed by atoms with van der Waals surface area (Å²) in [6.07, 6.45) is 2.84. The summed E-state index contributed by atoms with van der Waals surface area (Å²) in [5, 5.41) is 11.7. The van der Waals surface area contributed by atoms with Crippen LogP contribution in [-0.4, -0.2) is 10.9 Å². The Morgan fingerprint density at radius 3 is 3.00 bits per heavy atom. The monoisotopic (exact) mass is 311 g/mol. The first-order valence-corrected chi connectivity index (χ1v) is 6.66. The zero-order valence-corrected chi connectivity index (χ0v) is 11.9. The van der Waals surface area contributed by atoms with Crippen molar-refractivity contribution in [2.45, 2.75) is 0 Å². The van der Waals surface area contributed by atoms with Crippen molar-refractivity contribution in [3.8, 4) is 6.07 Å². The third-order valence-corrected chi connectivity index (χ3v) is 3.06. The fourth-order valence-electron chi connectivity index (χ4n) is 1.89. The van der Waals surface area contributed by atoms with Crippen molar-refractivity contribution in [1.29, 1.82) is 5.26 Å². The number of hydrogen-bond acceptors (Lipinski definition) is 5. The van der Waals surface area contributed by atoms with Crippen molar-refractivity contribution in [3.05, 3.63) is 52.8 Å². The molecule has 2 heterocycles. The van der Waals surface area contributed by atoms with Crippen LogP contribution in [0.5, 0.6) is 0 Å². The molecule has 0 saturated carbocycles. The van der Waals surface area contributed by atoms with Crippen molar-refractivity contribution in [2.75, 3.05) is 5.32 Å². The minimum Gasteiger partial charge on any atom is -0.465 e. The van der Waals surface area contributed by atoms with E-state index in [0.717, 1.165) is 5.52 Å². The van der Waals surface area contributed by atoms with E-state index in [0.29, 0.717) is 17.0 Å². The predicted octanol–water partition coefficient (Wildman–Crippen LogP) is 3.63. The van der Waals surface area contributed by atoms with E-state index in [9.17, 15) is 4.79 Å². The van der Waals surface area contributed by atoms with E-state index >= 15 is 0 Å². The molecule has 0 bridgehead atoms. The number of carbonyl (C=O) groups is 1. The third-order valence-electron chi connectivity index (χ3n) is 2.87. The second-order valence-corrected chi connectivity index (χ2v) is 4.74. The highest BCUT2D eigenvalue weighted by Gasteiger charge is 2.11. The van der Waals surface area contributed by atoms with Crippen LogP contribution >= 0.6 is 12.2 Å². The molecule has 0 saturated heterocycles. The van der Waals surface area contributed by atoms with E-state index in [4.69, 9.17) is 26.3 Å². The number of aromatic amines is 1. The normalized spacial score (nSPS) is 11.3. The van der Waals surface area contributed by atoms with Gasteiger partial charge in [-0.25, -0.2) is 0 Å².